The van der Waals surface area contributed by atoms with Gasteiger partial charge in [-0.2, -0.15) is 0 Å². The molecular formula is C25H19BrN2O5S. The molecule has 0 unspecified atom stereocenters. The van der Waals surface area contributed by atoms with Crippen molar-refractivity contribution >= 4 is 50.6 Å². The lowest BCUT2D eigenvalue weighted by molar-refractivity contribution is -0.384. The van der Waals surface area contributed by atoms with Crippen LogP contribution < -0.4 is 4.74 Å². The zero-order chi connectivity index (χ0) is 24.1. The number of nitrogens with zero attached hydrogens (tertiary/aromatic N) is 2. The molecule has 1 aliphatic rings. The van der Waals surface area contributed by atoms with Gasteiger partial charge in [-0.1, -0.05) is 36.4 Å². The van der Waals surface area contributed by atoms with E-state index in [0.29, 0.717) is 28.1 Å². The number of amides is 2. The Morgan fingerprint density at radius 2 is 1.74 bits per heavy atom. The Hall–Kier alpha value is -3.43. The van der Waals surface area contributed by atoms with Gasteiger partial charge in [-0.05, 0) is 81.1 Å². The van der Waals surface area contributed by atoms with Crippen molar-refractivity contribution < 1.29 is 19.2 Å². The maximum Gasteiger partial charge on any atom is 0.293 e. The van der Waals surface area contributed by atoms with Crippen LogP contribution in [-0.4, -0.2) is 27.5 Å². The van der Waals surface area contributed by atoms with Crippen LogP contribution in [0.25, 0.3) is 6.08 Å². The van der Waals surface area contributed by atoms with E-state index in [9.17, 15) is 19.7 Å². The van der Waals surface area contributed by atoms with Gasteiger partial charge in [-0.3, -0.25) is 24.6 Å². The first-order valence-electron chi connectivity index (χ1n) is 10.4. The van der Waals surface area contributed by atoms with Crippen LogP contribution in [0.15, 0.2) is 82.2 Å². The summed E-state index contributed by atoms with van der Waals surface area (Å²) in [4.78, 5) is 37.1. The number of halogens is 1. The van der Waals surface area contributed by atoms with Crippen molar-refractivity contribution in [2.24, 2.45) is 0 Å². The average molecular weight is 539 g/mol. The highest BCUT2D eigenvalue weighted by Gasteiger charge is 2.34. The van der Waals surface area contributed by atoms with Crippen LogP contribution in [0.5, 0.6) is 5.75 Å². The number of rotatable bonds is 8. The number of hydrogen-bond acceptors (Lipinski definition) is 6. The summed E-state index contributed by atoms with van der Waals surface area (Å²) in [5.41, 5.74) is 2.64. The predicted molar refractivity (Wildman–Crippen MR) is 134 cm³/mol. The molecule has 0 atom stereocenters. The van der Waals surface area contributed by atoms with E-state index < -0.39 is 4.92 Å². The number of nitro benzene ring substituents is 1. The van der Waals surface area contributed by atoms with Gasteiger partial charge in [-0.15, -0.1) is 0 Å². The van der Waals surface area contributed by atoms with Gasteiger partial charge in [-0.25, -0.2) is 0 Å². The summed E-state index contributed by atoms with van der Waals surface area (Å²) in [7, 11) is 0. The number of thioether (sulfide) groups is 1. The monoisotopic (exact) mass is 538 g/mol. The van der Waals surface area contributed by atoms with Gasteiger partial charge in [0, 0.05) is 18.7 Å². The summed E-state index contributed by atoms with van der Waals surface area (Å²) >= 11 is 4.41. The second-order valence-electron chi connectivity index (χ2n) is 7.47. The molecule has 0 aliphatic carbocycles. The van der Waals surface area contributed by atoms with Crippen LogP contribution in [0.3, 0.4) is 0 Å². The minimum absolute atomic E-state index is 0.0266. The lowest BCUT2D eigenvalue weighted by atomic mass is 10.1. The second-order valence-corrected chi connectivity index (χ2v) is 9.32. The van der Waals surface area contributed by atoms with E-state index in [4.69, 9.17) is 4.74 Å². The average Bonchev–Trinajstić information content (AvgIpc) is 3.10. The maximum absolute atomic E-state index is 12.8. The molecule has 0 saturated carbocycles. The molecule has 34 heavy (non-hydrogen) atoms. The fourth-order valence-corrected chi connectivity index (χ4v) is 4.70. The Morgan fingerprint density at radius 1 is 1.00 bits per heavy atom. The number of carbonyl (C=O) groups excluding carboxylic acids is 2. The van der Waals surface area contributed by atoms with Crippen molar-refractivity contribution in [1.29, 1.82) is 0 Å². The van der Waals surface area contributed by atoms with Gasteiger partial charge in [0.05, 0.1) is 14.3 Å². The molecule has 1 fully saturated rings. The summed E-state index contributed by atoms with van der Waals surface area (Å²) in [6, 6.07) is 21.3. The third-order valence-corrected chi connectivity index (χ3v) is 6.66. The minimum Gasteiger partial charge on any atom is -0.488 e. The van der Waals surface area contributed by atoms with E-state index in [0.717, 1.165) is 28.5 Å². The van der Waals surface area contributed by atoms with Gasteiger partial charge in [0.2, 0.25) is 0 Å². The topological polar surface area (TPSA) is 89.7 Å². The van der Waals surface area contributed by atoms with Crippen LogP contribution >= 0.6 is 27.7 Å². The third-order valence-electron chi connectivity index (χ3n) is 5.14. The summed E-state index contributed by atoms with van der Waals surface area (Å²) in [5.74, 6) is 0.298. The zero-order valence-electron chi connectivity index (χ0n) is 17.8. The highest BCUT2D eigenvalue weighted by molar-refractivity contribution is 9.10. The molecule has 2 amide bonds. The molecule has 9 heteroatoms. The highest BCUT2D eigenvalue weighted by atomic mass is 79.9. The zero-order valence-corrected chi connectivity index (χ0v) is 20.3. The molecule has 7 nitrogen and oxygen atoms in total. The number of benzene rings is 3. The molecule has 0 radical (unpaired) electrons. The van der Waals surface area contributed by atoms with Crippen molar-refractivity contribution in [1.82, 2.24) is 4.90 Å². The molecule has 1 heterocycles. The first-order valence-corrected chi connectivity index (χ1v) is 12.0. The summed E-state index contributed by atoms with van der Waals surface area (Å²) in [5, 5.41) is 10.5. The fourth-order valence-electron chi connectivity index (χ4n) is 3.33. The minimum atomic E-state index is -0.447. The molecule has 172 valence electrons. The highest BCUT2D eigenvalue weighted by Crippen LogP contribution is 2.34. The van der Waals surface area contributed by atoms with Crippen molar-refractivity contribution in [2.45, 2.75) is 13.0 Å². The summed E-state index contributed by atoms with van der Waals surface area (Å²) in [6.45, 7) is 0.585. The molecule has 0 spiro atoms. The first-order chi connectivity index (χ1) is 16.4. The molecule has 3 aromatic carbocycles. The molecule has 1 saturated heterocycles. The van der Waals surface area contributed by atoms with E-state index in [2.05, 4.69) is 15.9 Å². The molecule has 0 aromatic heterocycles. The third kappa shape index (κ3) is 5.73. The molecule has 4 rings (SSSR count). The lowest BCUT2D eigenvalue weighted by Crippen LogP contribution is -2.30. The number of carbonyl (C=O) groups is 2. The second kappa shape index (κ2) is 10.7. The van der Waals surface area contributed by atoms with E-state index in [1.807, 2.05) is 36.4 Å². The van der Waals surface area contributed by atoms with Crippen LogP contribution in [0.2, 0.25) is 0 Å². The number of ether oxygens (including phenoxy) is 1. The number of imide groups is 1. The van der Waals surface area contributed by atoms with Gasteiger partial charge < -0.3 is 4.74 Å². The van der Waals surface area contributed by atoms with Crippen LogP contribution in [0, 0.1) is 10.1 Å². The maximum atomic E-state index is 12.8. The summed E-state index contributed by atoms with van der Waals surface area (Å²) < 4.78 is 6.49. The van der Waals surface area contributed by atoms with E-state index >= 15 is 0 Å². The number of non-ortho nitro benzene ring substituents is 1. The van der Waals surface area contributed by atoms with Gasteiger partial charge >= 0.3 is 0 Å². The van der Waals surface area contributed by atoms with Crippen molar-refractivity contribution in [3.05, 3.63) is 109 Å². The Kier molecular flexibility index (Phi) is 7.44. The quantitative estimate of drug-likeness (QED) is 0.192. The Bertz CT molecular complexity index is 1260. The van der Waals surface area contributed by atoms with Crippen LogP contribution in [0.1, 0.15) is 16.7 Å². The Morgan fingerprint density at radius 3 is 2.41 bits per heavy atom. The Balaban J connectivity index is 1.39. The number of nitro groups is 1. The van der Waals surface area contributed by atoms with E-state index in [1.54, 1.807) is 30.3 Å². The molecule has 0 N–H and O–H groups in total. The summed E-state index contributed by atoms with van der Waals surface area (Å²) in [6.07, 6.45) is 2.30. The van der Waals surface area contributed by atoms with Gasteiger partial charge in [0.1, 0.15) is 12.4 Å². The predicted octanol–water partition coefficient (Wildman–Crippen LogP) is 6.22. The number of hydrogen-bond donors (Lipinski definition) is 0. The molecule has 0 bridgehead atoms. The fraction of sp³-hybridized carbons (Fsp3) is 0.120. The van der Waals surface area contributed by atoms with Crippen LogP contribution in [-0.2, 0) is 17.8 Å². The lowest BCUT2D eigenvalue weighted by Gasteiger charge is -2.12. The van der Waals surface area contributed by atoms with Crippen LogP contribution in [0.4, 0.5) is 10.5 Å². The SMILES string of the molecule is O=C1S/C(=C\c2ccc(OCc3ccc([N+](=O)[O-])cc3)c(Br)c2)C(=O)N1CCc1ccccc1. The van der Waals surface area contributed by atoms with E-state index in [1.165, 1.54) is 17.0 Å². The van der Waals surface area contributed by atoms with Crippen molar-refractivity contribution in [3.8, 4) is 5.75 Å². The van der Waals surface area contributed by atoms with Crippen molar-refractivity contribution in [3.63, 3.8) is 0 Å². The van der Waals surface area contributed by atoms with Crippen molar-refractivity contribution in [2.75, 3.05) is 6.54 Å². The molecular weight excluding hydrogens is 520 g/mol. The Labute approximate surface area is 208 Å². The van der Waals surface area contributed by atoms with Gasteiger partial charge in [0.15, 0.2) is 0 Å². The molecule has 3 aromatic rings. The standard InChI is InChI=1S/C25H19BrN2O5S/c26-21-14-19(8-11-22(21)33-16-18-6-9-20(10-7-18)28(31)32)15-23-24(29)27(25(30)34-23)13-12-17-4-2-1-3-5-17/h1-11,14-15H,12-13,16H2/b23-15-. The van der Waals surface area contributed by atoms with Gasteiger partial charge in [0.25, 0.3) is 16.8 Å². The largest absolute Gasteiger partial charge is 0.488 e. The molecule has 1 aliphatic heterocycles. The smallest absolute Gasteiger partial charge is 0.293 e. The first kappa shape index (κ1) is 23.7. The van der Waals surface area contributed by atoms with E-state index in [-0.39, 0.29) is 23.4 Å². The normalized spacial score (nSPS) is 14.6.